The molecular formula is C15H30N2O3. The molecule has 1 unspecified atom stereocenters. The van der Waals surface area contributed by atoms with Crippen LogP contribution in [0.2, 0.25) is 0 Å². The van der Waals surface area contributed by atoms with Crippen molar-refractivity contribution in [1.29, 1.82) is 0 Å². The largest absolute Gasteiger partial charge is 0.381 e. The minimum Gasteiger partial charge on any atom is -0.381 e. The van der Waals surface area contributed by atoms with E-state index < -0.39 is 5.54 Å². The molecule has 0 heterocycles. The first-order valence-corrected chi connectivity index (χ1v) is 7.49. The summed E-state index contributed by atoms with van der Waals surface area (Å²) in [6, 6.07) is 0.468. The fraction of sp³-hybridized carbons (Fsp3) is 0.933. The van der Waals surface area contributed by atoms with Gasteiger partial charge in [-0.15, -0.1) is 0 Å². The lowest BCUT2D eigenvalue weighted by Gasteiger charge is -2.27. The van der Waals surface area contributed by atoms with Crippen LogP contribution in [0.5, 0.6) is 0 Å². The molecule has 0 aromatic heterocycles. The van der Waals surface area contributed by atoms with Gasteiger partial charge in [-0.05, 0) is 52.9 Å². The van der Waals surface area contributed by atoms with Crippen molar-refractivity contribution in [2.24, 2.45) is 5.73 Å². The molecule has 0 aliphatic heterocycles. The number of hydrogen-bond donors (Lipinski definition) is 2. The molecule has 5 heteroatoms. The van der Waals surface area contributed by atoms with E-state index in [1.807, 2.05) is 20.8 Å². The lowest BCUT2D eigenvalue weighted by atomic mass is 9.95. The Morgan fingerprint density at radius 1 is 1.25 bits per heavy atom. The summed E-state index contributed by atoms with van der Waals surface area (Å²) in [5.74, 6) is -0.273. The second-order valence-corrected chi connectivity index (χ2v) is 6.54. The van der Waals surface area contributed by atoms with Crippen molar-refractivity contribution >= 4 is 5.91 Å². The molecule has 20 heavy (non-hydrogen) atoms. The van der Waals surface area contributed by atoms with E-state index in [2.05, 4.69) is 5.32 Å². The first kappa shape index (κ1) is 17.4. The zero-order valence-electron chi connectivity index (χ0n) is 13.3. The van der Waals surface area contributed by atoms with E-state index in [1.54, 1.807) is 7.11 Å². The summed E-state index contributed by atoms with van der Waals surface area (Å²) < 4.78 is 10.9. The highest BCUT2D eigenvalue weighted by Crippen LogP contribution is 2.24. The zero-order valence-corrected chi connectivity index (χ0v) is 13.3. The van der Waals surface area contributed by atoms with E-state index >= 15 is 0 Å². The average molecular weight is 286 g/mol. The van der Waals surface area contributed by atoms with Gasteiger partial charge in [0.1, 0.15) is 0 Å². The Labute approximate surface area is 122 Å². The van der Waals surface area contributed by atoms with Crippen molar-refractivity contribution < 1.29 is 14.3 Å². The van der Waals surface area contributed by atoms with Crippen LogP contribution in [-0.2, 0) is 14.3 Å². The van der Waals surface area contributed by atoms with Gasteiger partial charge in [0.2, 0.25) is 5.91 Å². The standard InChI is InChI=1S/C15H30N2O3/c1-14(2,19-4)9-11-20-10-5-8-15(3,13(16)18)17-12-6-7-12/h12,17H,5-11H2,1-4H3,(H2,16,18). The molecule has 0 bridgehead atoms. The Balaban J connectivity index is 2.16. The Hall–Kier alpha value is -0.650. The highest BCUT2D eigenvalue weighted by Gasteiger charge is 2.36. The third-order valence-electron chi connectivity index (χ3n) is 4.01. The van der Waals surface area contributed by atoms with Crippen molar-refractivity contribution in [1.82, 2.24) is 5.32 Å². The van der Waals surface area contributed by atoms with E-state index in [-0.39, 0.29) is 11.5 Å². The van der Waals surface area contributed by atoms with Crippen molar-refractivity contribution in [2.75, 3.05) is 20.3 Å². The summed E-state index contributed by atoms with van der Waals surface area (Å²) in [5, 5.41) is 3.34. The molecule has 1 aliphatic carbocycles. The number of primary amides is 1. The van der Waals surface area contributed by atoms with Crippen LogP contribution in [-0.4, -0.2) is 43.4 Å². The minimum absolute atomic E-state index is 0.144. The van der Waals surface area contributed by atoms with Crippen molar-refractivity contribution in [3.63, 3.8) is 0 Å². The smallest absolute Gasteiger partial charge is 0.237 e. The summed E-state index contributed by atoms with van der Waals surface area (Å²) in [6.07, 6.45) is 4.69. The number of carbonyl (C=O) groups excluding carboxylic acids is 1. The quantitative estimate of drug-likeness (QED) is 0.566. The first-order chi connectivity index (χ1) is 9.29. The summed E-state index contributed by atoms with van der Waals surface area (Å²) in [7, 11) is 1.71. The molecule has 1 rings (SSSR count). The lowest BCUT2D eigenvalue weighted by molar-refractivity contribution is -0.124. The second-order valence-electron chi connectivity index (χ2n) is 6.54. The molecule has 0 aromatic rings. The van der Waals surface area contributed by atoms with Crippen molar-refractivity contribution in [3.05, 3.63) is 0 Å². The van der Waals surface area contributed by atoms with Crippen LogP contribution >= 0.6 is 0 Å². The van der Waals surface area contributed by atoms with E-state index in [4.69, 9.17) is 15.2 Å². The van der Waals surface area contributed by atoms with Gasteiger partial charge in [-0.1, -0.05) is 0 Å². The van der Waals surface area contributed by atoms with Crippen molar-refractivity contribution in [2.45, 2.75) is 70.1 Å². The van der Waals surface area contributed by atoms with Crippen molar-refractivity contribution in [3.8, 4) is 0 Å². The van der Waals surface area contributed by atoms with Gasteiger partial charge < -0.3 is 20.5 Å². The van der Waals surface area contributed by atoms with Gasteiger partial charge in [-0.25, -0.2) is 0 Å². The van der Waals surface area contributed by atoms with Crippen LogP contribution in [0.4, 0.5) is 0 Å². The number of nitrogens with one attached hydrogen (secondary N) is 1. The Kier molecular flexibility index (Phi) is 6.43. The Bertz CT molecular complexity index is 316. The van der Waals surface area contributed by atoms with Gasteiger partial charge in [-0.2, -0.15) is 0 Å². The fourth-order valence-corrected chi connectivity index (χ4v) is 1.99. The number of nitrogens with two attached hydrogens (primary N) is 1. The first-order valence-electron chi connectivity index (χ1n) is 7.49. The van der Waals surface area contributed by atoms with Crippen LogP contribution in [0.25, 0.3) is 0 Å². The van der Waals surface area contributed by atoms with Gasteiger partial charge >= 0.3 is 0 Å². The average Bonchev–Trinajstić information content (AvgIpc) is 3.17. The van der Waals surface area contributed by atoms with E-state index in [9.17, 15) is 4.79 Å². The normalized spacial score (nSPS) is 18.8. The molecule has 3 N–H and O–H groups in total. The Morgan fingerprint density at radius 2 is 1.90 bits per heavy atom. The number of carbonyl (C=O) groups is 1. The summed E-state index contributed by atoms with van der Waals surface area (Å²) >= 11 is 0. The van der Waals surface area contributed by atoms with Gasteiger partial charge in [0, 0.05) is 26.4 Å². The minimum atomic E-state index is -0.601. The maximum absolute atomic E-state index is 11.6. The number of rotatable bonds is 11. The van der Waals surface area contributed by atoms with Crippen LogP contribution in [0.1, 0.15) is 52.9 Å². The molecule has 0 aromatic carbocycles. The van der Waals surface area contributed by atoms with Crippen LogP contribution < -0.4 is 11.1 Å². The highest BCUT2D eigenvalue weighted by molar-refractivity contribution is 5.84. The molecule has 1 aliphatic rings. The number of hydrogen-bond acceptors (Lipinski definition) is 4. The molecule has 5 nitrogen and oxygen atoms in total. The molecule has 1 saturated carbocycles. The lowest BCUT2D eigenvalue weighted by Crippen LogP contribution is -2.54. The predicted molar refractivity (Wildman–Crippen MR) is 79.5 cm³/mol. The summed E-state index contributed by atoms with van der Waals surface area (Å²) in [6.45, 7) is 7.29. The maximum atomic E-state index is 11.6. The molecule has 1 atom stereocenters. The zero-order chi connectivity index (χ0) is 15.2. The van der Waals surface area contributed by atoms with Gasteiger partial charge in [0.05, 0.1) is 11.1 Å². The third-order valence-corrected chi connectivity index (χ3v) is 4.01. The molecule has 1 fully saturated rings. The number of methoxy groups -OCH3 is 1. The highest BCUT2D eigenvalue weighted by atomic mass is 16.5. The summed E-state index contributed by atoms with van der Waals surface area (Å²) in [5.41, 5.74) is 4.76. The molecule has 118 valence electrons. The monoisotopic (exact) mass is 286 g/mol. The second kappa shape index (κ2) is 7.38. The van der Waals surface area contributed by atoms with E-state index in [0.717, 1.165) is 25.7 Å². The molecule has 1 amide bonds. The van der Waals surface area contributed by atoms with Crippen LogP contribution in [0.15, 0.2) is 0 Å². The topological polar surface area (TPSA) is 73.6 Å². The molecule has 0 saturated heterocycles. The summed E-state index contributed by atoms with van der Waals surface area (Å²) in [4.78, 5) is 11.6. The third kappa shape index (κ3) is 6.20. The molecular weight excluding hydrogens is 256 g/mol. The van der Waals surface area contributed by atoms with Crippen LogP contribution in [0, 0.1) is 0 Å². The van der Waals surface area contributed by atoms with Gasteiger partial charge in [0.15, 0.2) is 0 Å². The number of amides is 1. The maximum Gasteiger partial charge on any atom is 0.237 e. The van der Waals surface area contributed by atoms with E-state index in [1.165, 1.54) is 0 Å². The van der Waals surface area contributed by atoms with E-state index in [0.29, 0.717) is 25.7 Å². The van der Waals surface area contributed by atoms with Gasteiger partial charge in [-0.3, -0.25) is 4.79 Å². The fourth-order valence-electron chi connectivity index (χ4n) is 1.99. The van der Waals surface area contributed by atoms with Crippen LogP contribution in [0.3, 0.4) is 0 Å². The Morgan fingerprint density at radius 3 is 2.40 bits per heavy atom. The molecule has 0 spiro atoms. The molecule has 0 radical (unpaired) electrons. The SMILES string of the molecule is COC(C)(C)CCOCCCC(C)(NC1CC1)C(N)=O. The number of ether oxygens (including phenoxy) is 2. The van der Waals surface area contributed by atoms with Gasteiger partial charge in [0.25, 0.3) is 0 Å². The predicted octanol–water partition coefficient (Wildman–Crippen LogP) is 1.59.